The van der Waals surface area contributed by atoms with Crippen molar-refractivity contribution in [2.75, 3.05) is 13.6 Å². The summed E-state index contributed by atoms with van der Waals surface area (Å²) in [5.74, 6) is 0.429. The van der Waals surface area contributed by atoms with Gasteiger partial charge in [-0.05, 0) is 25.0 Å². The molecule has 3 heteroatoms. The summed E-state index contributed by atoms with van der Waals surface area (Å²) in [4.78, 5) is 17.7. The molecule has 3 nitrogen and oxygen atoms in total. The van der Waals surface area contributed by atoms with Crippen LogP contribution in [0.5, 0.6) is 0 Å². The zero-order chi connectivity index (χ0) is 11.4. The second-order valence-corrected chi connectivity index (χ2v) is 3.95. The fraction of sp³-hybridized carbons (Fsp3) is 0.500. The van der Waals surface area contributed by atoms with E-state index in [2.05, 4.69) is 18.8 Å². The van der Waals surface area contributed by atoms with Gasteiger partial charge in [0.2, 0.25) is 0 Å². The zero-order valence-corrected chi connectivity index (χ0v) is 9.82. The van der Waals surface area contributed by atoms with Gasteiger partial charge in [-0.15, -0.1) is 0 Å². The summed E-state index contributed by atoms with van der Waals surface area (Å²) >= 11 is 0. The molecule has 0 aromatic carbocycles. The number of carbonyl (C=O) groups excluding carboxylic acids is 1. The molecule has 0 saturated carbocycles. The summed E-state index contributed by atoms with van der Waals surface area (Å²) < 4.78 is 0. The SMILES string of the molecule is CCN(C)C(=O)c1ccc(C(C)C)nc1. The van der Waals surface area contributed by atoms with E-state index in [1.165, 1.54) is 0 Å². The Hall–Kier alpha value is -1.38. The third kappa shape index (κ3) is 2.78. The fourth-order valence-corrected chi connectivity index (χ4v) is 1.24. The Morgan fingerprint density at radius 1 is 1.47 bits per heavy atom. The molecule has 1 rings (SSSR count). The van der Waals surface area contributed by atoms with E-state index in [0.717, 1.165) is 5.69 Å². The van der Waals surface area contributed by atoms with E-state index >= 15 is 0 Å². The van der Waals surface area contributed by atoms with Crippen LogP contribution in [0.1, 0.15) is 42.7 Å². The van der Waals surface area contributed by atoms with E-state index in [0.29, 0.717) is 18.0 Å². The second-order valence-electron chi connectivity index (χ2n) is 3.95. The van der Waals surface area contributed by atoms with Crippen LogP contribution in [0.4, 0.5) is 0 Å². The van der Waals surface area contributed by atoms with Crippen molar-refractivity contribution >= 4 is 5.91 Å². The first kappa shape index (κ1) is 11.7. The molecule has 0 atom stereocenters. The van der Waals surface area contributed by atoms with E-state index in [9.17, 15) is 4.79 Å². The molecule has 0 aliphatic carbocycles. The van der Waals surface area contributed by atoms with Crippen molar-refractivity contribution in [3.63, 3.8) is 0 Å². The Labute approximate surface area is 91.1 Å². The highest BCUT2D eigenvalue weighted by atomic mass is 16.2. The average molecular weight is 206 g/mol. The van der Waals surface area contributed by atoms with Crippen molar-refractivity contribution in [1.29, 1.82) is 0 Å². The highest BCUT2D eigenvalue weighted by molar-refractivity contribution is 5.93. The maximum atomic E-state index is 11.7. The standard InChI is InChI=1S/C12H18N2O/c1-5-14(4)12(15)10-6-7-11(9(2)3)13-8-10/h6-9H,5H2,1-4H3. The van der Waals surface area contributed by atoms with Crippen LogP contribution in [0.25, 0.3) is 0 Å². The Morgan fingerprint density at radius 2 is 2.13 bits per heavy atom. The van der Waals surface area contributed by atoms with Crippen molar-refractivity contribution in [1.82, 2.24) is 9.88 Å². The molecular weight excluding hydrogens is 188 g/mol. The zero-order valence-electron chi connectivity index (χ0n) is 9.82. The van der Waals surface area contributed by atoms with Crippen LogP contribution in [-0.2, 0) is 0 Å². The lowest BCUT2D eigenvalue weighted by atomic mass is 10.1. The molecule has 0 aliphatic heterocycles. The molecule has 15 heavy (non-hydrogen) atoms. The van der Waals surface area contributed by atoms with Crippen LogP contribution >= 0.6 is 0 Å². The number of carbonyl (C=O) groups is 1. The van der Waals surface area contributed by atoms with Crippen LogP contribution in [0.2, 0.25) is 0 Å². The van der Waals surface area contributed by atoms with Crippen LogP contribution in [0, 0.1) is 0 Å². The number of nitrogens with zero attached hydrogens (tertiary/aromatic N) is 2. The van der Waals surface area contributed by atoms with Gasteiger partial charge in [0, 0.05) is 25.5 Å². The molecule has 1 aromatic rings. The normalized spacial score (nSPS) is 10.5. The summed E-state index contributed by atoms with van der Waals surface area (Å²) in [6.07, 6.45) is 1.66. The minimum Gasteiger partial charge on any atom is -0.342 e. The molecule has 82 valence electrons. The minimum absolute atomic E-state index is 0.0281. The van der Waals surface area contributed by atoms with Gasteiger partial charge in [0.1, 0.15) is 0 Å². The molecular formula is C12H18N2O. The summed E-state index contributed by atoms with van der Waals surface area (Å²) in [6, 6.07) is 3.76. The minimum atomic E-state index is 0.0281. The molecule has 0 spiro atoms. The first-order valence-electron chi connectivity index (χ1n) is 5.27. The summed E-state index contributed by atoms with van der Waals surface area (Å²) in [5.41, 5.74) is 1.68. The summed E-state index contributed by atoms with van der Waals surface area (Å²) in [7, 11) is 1.79. The van der Waals surface area contributed by atoms with Gasteiger partial charge < -0.3 is 4.90 Å². The lowest BCUT2D eigenvalue weighted by molar-refractivity contribution is 0.0802. The van der Waals surface area contributed by atoms with Crippen molar-refractivity contribution in [2.45, 2.75) is 26.7 Å². The van der Waals surface area contributed by atoms with Gasteiger partial charge in [0.25, 0.3) is 5.91 Å². The van der Waals surface area contributed by atoms with E-state index < -0.39 is 0 Å². The lowest BCUT2D eigenvalue weighted by Crippen LogP contribution is -2.26. The summed E-state index contributed by atoms with van der Waals surface area (Å²) in [5, 5.41) is 0. The van der Waals surface area contributed by atoms with Crippen LogP contribution < -0.4 is 0 Å². The van der Waals surface area contributed by atoms with Gasteiger partial charge in [-0.3, -0.25) is 9.78 Å². The predicted molar refractivity (Wildman–Crippen MR) is 61.0 cm³/mol. The molecule has 0 bridgehead atoms. The second kappa shape index (κ2) is 4.91. The van der Waals surface area contributed by atoms with Gasteiger partial charge >= 0.3 is 0 Å². The Balaban J connectivity index is 2.84. The maximum absolute atomic E-state index is 11.7. The van der Waals surface area contributed by atoms with E-state index in [-0.39, 0.29) is 5.91 Å². The Bertz CT molecular complexity index is 330. The van der Waals surface area contributed by atoms with Crippen molar-refractivity contribution < 1.29 is 4.79 Å². The Kier molecular flexibility index (Phi) is 3.83. The van der Waals surface area contributed by atoms with Gasteiger partial charge in [-0.2, -0.15) is 0 Å². The van der Waals surface area contributed by atoms with E-state index in [4.69, 9.17) is 0 Å². The molecule has 0 radical (unpaired) electrons. The third-order valence-corrected chi connectivity index (χ3v) is 2.45. The van der Waals surface area contributed by atoms with Gasteiger partial charge in [0.15, 0.2) is 0 Å². The largest absolute Gasteiger partial charge is 0.342 e. The monoisotopic (exact) mass is 206 g/mol. The maximum Gasteiger partial charge on any atom is 0.255 e. The Morgan fingerprint density at radius 3 is 2.53 bits per heavy atom. The molecule has 1 heterocycles. The smallest absolute Gasteiger partial charge is 0.255 e. The van der Waals surface area contributed by atoms with E-state index in [1.54, 1.807) is 18.1 Å². The van der Waals surface area contributed by atoms with Crippen molar-refractivity contribution in [3.8, 4) is 0 Å². The first-order chi connectivity index (χ1) is 7.06. The van der Waals surface area contributed by atoms with Crippen LogP contribution in [0.15, 0.2) is 18.3 Å². The predicted octanol–water partition coefficient (Wildman–Crippen LogP) is 2.30. The number of hydrogen-bond donors (Lipinski definition) is 0. The quantitative estimate of drug-likeness (QED) is 0.760. The molecule has 0 N–H and O–H groups in total. The molecule has 1 amide bonds. The van der Waals surface area contributed by atoms with E-state index in [1.807, 2.05) is 19.1 Å². The first-order valence-corrected chi connectivity index (χ1v) is 5.27. The van der Waals surface area contributed by atoms with Gasteiger partial charge in [-0.1, -0.05) is 13.8 Å². The number of aromatic nitrogens is 1. The van der Waals surface area contributed by atoms with Crippen molar-refractivity contribution in [2.24, 2.45) is 0 Å². The number of rotatable bonds is 3. The number of pyridine rings is 1. The highest BCUT2D eigenvalue weighted by Gasteiger charge is 2.10. The molecule has 0 aliphatic rings. The topological polar surface area (TPSA) is 33.2 Å². The highest BCUT2D eigenvalue weighted by Crippen LogP contribution is 2.12. The lowest BCUT2D eigenvalue weighted by Gasteiger charge is -2.14. The molecule has 1 aromatic heterocycles. The third-order valence-electron chi connectivity index (χ3n) is 2.45. The fourth-order valence-electron chi connectivity index (χ4n) is 1.24. The summed E-state index contributed by atoms with van der Waals surface area (Å²) in [6.45, 7) is 6.84. The average Bonchev–Trinajstić information content (AvgIpc) is 2.27. The van der Waals surface area contributed by atoms with Crippen LogP contribution in [-0.4, -0.2) is 29.4 Å². The molecule has 0 fully saturated rings. The number of hydrogen-bond acceptors (Lipinski definition) is 2. The van der Waals surface area contributed by atoms with Crippen molar-refractivity contribution in [3.05, 3.63) is 29.6 Å². The molecule has 0 saturated heterocycles. The molecule has 0 unspecified atom stereocenters. The van der Waals surface area contributed by atoms with Crippen LogP contribution in [0.3, 0.4) is 0 Å². The number of amides is 1. The van der Waals surface area contributed by atoms with Gasteiger partial charge in [-0.25, -0.2) is 0 Å². The van der Waals surface area contributed by atoms with Gasteiger partial charge in [0.05, 0.1) is 5.56 Å².